The Bertz CT molecular complexity index is 561. The summed E-state index contributed by atoms with van der Waals surface area (Å²) in [6, 6.07) is 6.21. The smallest absolute Gasteiger partial charge is 0.276 e. The highest BCUT2D eigenvalue weighted by atomic mass is 32.2. The van der Waals surface area contributed by atoms with Gasteiger partial charge in [-0.3, -0.25) is 0 Å². The van der Waals surface area contributed by atoms with E-state index >= 15 is 0 Å². The summed E-state index contributed by atoms with van der Waals surface area (Å²) >= 11 is 0. The SMILES string of the molecule is COCCNS(=O)(=O)NCCc1cccc2c1NCCC2. The number of hydrogen-bond acceptors (Lipinski definition) is 4. The highest BCUT2D eigenvalue weighted by molar-refractivity contribution is 7.87. The second-order valence-corrected chi connectivity index (χ2v) is 6.60. The van der Waals surface area contributed by atoms with Gasteiger partial charge in [-0.15, -0.1) is 0 Å². The number of hydrogen-bond donors (Lipinski definition) is 3. The number of methoxy groups -OCH3 is 1. The average Bonchev–Trinajstić information content (AvgIpc) is 2.47. The summed E-state index contributed by atoms with van der Waals surface area (Å²) < 4.78 is 33.2. The molecule has 0 atom stereocenters. The van der Waals surface area contributed by atoms with Gasteiger partial charge in [-0.05, 0) is 30.4 Å². The number of ether oxygens (including phenoxy) is 1. The zero-order valence-electron chi connectivity index (χ0n) is 12.3. The molecule has 0 aromatic heterocycles. The third-order valence-corrected chi connectivity index (χ3v) is 4.61. The molecule has 0 amide bonds. The monoisotopic (exact) mass is 313 g/mol. The molecule has 0 aliphatic carbocycles. The van der Waals surface area contributed by atoms with Gasteiger partial charge in [0.1, 0.15) is 0 Å². The first-order chi connectivity index (χ1) is 10.1. The van der Waals surface area contributed by atoms with E-state index in [4.69, 9.17) is 4.74 Å². The van der Waals surface area contributed by atoms with Crippen LogP contribution in [0.5, 0.6) is 0 Å². The first kappa shape index (κ1) is 16.2. The molecule has 1 aromatic carbocycles. The predicted octanol–water partition coefficient (Wildman–Crippen LogP) is 0.658. The van der Waals surface area contributed by atoms with E-state index in [0.717, 1.165) is 24.9 Å². The van der Waals surface area contributed by atoms with Crippen LogP contribution in [0.3, 0.4) is 0 Å². The van der Waals surface area contributed by atoms with Crippen LogP contribution in [0.1, 0.15) is 17.5 Å². The fraction of sp³-hybridized carbons (Fsp3) is 0.571. The topological polar surface area (TPSA) is 79.5 Å². The Morgan fingerprint density at radius 3 is 2.90 bits per heavy atom. The minimum Gasteiger partial charge on any atom is -0.385 e. The number of fused-ring (bicyclic) bond motifs is 1. The fourth-order valence-corrected chi connectivity index (χ4v) is 3.26. The highest BCUT2D eigenvalue weighted by Gasteiger charge is 2.13. The molecule has 1 heterocycles. The van der Waals surface area contributed by atoms with E-state index in [1.165, 1.54) is 18.4 Å². The van der Waals surface area contributed by atoms with Gasteiger partial charge in [0.15, 0.2) is 0 Å². The summed E-state index contributed by atoms with van der Waals surface area (Å²) in [5.41, 5.74) is 3.65. The molecule has 0 spiro atoms. The summed E-state index contributed by atoms with van der Waals surface area (Å²) in [5.74, 6) is 0. The van der Waals surface area contributed by atoms with Gasteiger partial charge in [0, 0.05) is 32.4 Å². The Kier molecular flexibility index (Phi) is 5.98. The Balaban J connectivity index is 1.86. The van der Waals surface area contributed by atoms with Gasteiger partial charge in [0.25, 0.3) is 10.2 Å². The third kappa shape index (κ3) is 4.96. The van der Waals surface area contributed by atoms with E-state index in [1.807, 2.05) is 12.1 Å². The van der Waals surface area contributed by atoms with Gasteiger partial charge in [-0.1, -0.05) is 18.2 Å². The van der Waals surface area contributed by atoms with Crippen LogP contribution in [0.15, 0.2) is 18.2 Å². The van der Waals surface area contributed by atoms with E-state index < -0.39 is 10.2 Å². The van der Waals surface area contributed by atoms with Gasteiger partial charge in [-0.25, -0.2) is 4.72 Å². The Hall–Kier alpha value is -1.15. The van der Waals surface area contributed by atoms with Crippen molar-refractivity contribution in [2.24, 2.45) is 0 Å². The van der Waals surface area contributed by atoms with Crippen molar-refractivity contribution in [3.05, 3.63) is 29.3 Å². The molecule has 7 heteroatoms. The molecule has 2 rings (SSSR count). The molecule has 6 nitrogen and oxygen atoms in total. The van der Waals surface area contributed by atoms with Crippen LogP contribution >= 0.6 is 0 Å². The molecule has 0 radical (unpaired) electrons. The molecular weight excluding hydrogens is 290 g/mol. The minimum absolute atomic E-state index is 0.272. The summed E-state index contributed by atoms with van der Waals surface area (Å²) in [5, 5.41) is 3.41. The van der Waals surface area contributed by atoms with E-state index in [1.54, 1.807) is 0 Å². The summed E-state index contributed by atoms with van der Waals surface area (Å²) in [4.78, 5) is 0. The standard InChI is InChI=1S/C14H23N3O3S/c1-20-11-10-17-21(18,19)16-9-7-13-5-2-4-12-6-3-8-15-14(12)13/h2,4-5,15-17H,3,6-11H2,1H3. The van der Waals surface area contributed by atoms with Crippen LogP contribution in [0.25, 0.3) is 0 Å². The maximum atomic E-state index is 11.7. The minimum atomic E-state index is -3.45. The van der Waals surface area contributed by atoms with Crippen molar-refractivity contribution >= 4 is 15.9 Å². The highest BCUT2D eigenvalue weighted by Crippen LogP contribution is 2.26. The zero-order chi connectivity index (χ0) is 15.1. The molecule has 0 unspecified atom stereocenters. The normalized spacial score (nSPS) is 14.5. The predicted molar refractivity (Wildman–Crippen MR) is 83.8 cm³/mol. The Morgan fingerprint density at radius 2 is 2.10 bits per heavy atom. The summed E-state index contributed by atoms with van der Waals surface area (Å²) in [6.45, 7) is 1.99. The van der Waals surface area contributed by atoms with Gasteiger partial charge < -0.3 is 10.1 Å². The summed E-state index contributed by atoms with van der Waals surface area (Å²) in [6.07, 6.45) is 2.90. The van der Waals surface area contributed by atoms with Crippen molar-refractivity contribution in [3.8, 4) is 0 Å². The number of anilines is 1. The Morgan fingerprint density at radius 1 is 1.29 bits per heavy atom. The average molecular weight is 313 g/mol. The molecule has 118 valence electrons. The molecule has 1 aliphatic rings. The molecule has 0 bridgehead atoms. The largest absolute Gasteiger partial charge is 0.385 e. The number of para-hydroxylation sites is 1. The lowest BCUT2D eigenvalue weighted by Crippen LogP contribution is -2.39. The maximum Gasteiger partial charge on any atom is 0.276 e. The maximum absolute atomic E-state index is 11.7. The van der Waals surface area contributed by atoms with Gasteiger partial charge in [0.2, 0.25) is 0 Å². The number of benzene rings is 1. The van der Waals surface area contributed by atoms with Crippen LogP contribution in [-0.4, -0.2) is 41.8 Å². The lowest BCUT2D eigenvalue weighted by Gasteiger charge is -2.21. The number of rotatable bonds is 8. The molecular formula is C14H23N3O3S. The number of aryl methyl sites for hydroxylation is 1. The third-order valence-electron chi connectivity index (χ3n) is 3.45. The quantitative estimate of drug-likeness (QED) is 0.616. The second kappa shape index (κ2) is 7.74. The first-order valence-electron chi connectivity index (χ1n) is 7.20. The molecule has 1 aromatic rings. The van der Waals surface area contributed by atoms with Gasteiger partial charge in [-0.2, -0.15) is 13.1 Å². The van der Waals surface area contributed by atoms with Crippen LogP contribution in [0, 0.1) is 0 Å². The van der Waals surface area contributed by atoms with Crippen molar-refractivity contribution in [2.45, 2.75) is 19.3 Å². The van der Waals surface area contributed by atoms with Crippen molar-refractivity contribution in [1.29, 1.82) is 0 Å². The molecule has 1 aliphatic heterocycles. The lowest BCUT2D eigenvalue weighted by atomic mass is 9.98. The lowest BCUT2D eigenvalue weighted by molar-refractivity contribution is 0.204. The van der Waals surface area contributed by atoms with E-state index in [0.29, 0.717) is 19.6 Å². The molecule has 0 fully saturated rings. The van der Waals surface area contributed by atoms with Crippen molar-refractivity contribution < 1.29 is 13.2 Å². The molecule has 0 saturated carbocycles. The fourth-order valence-electron chi connectivity index (χ4n) is 2.44. The molecule has 21 heavy (non-hydrogen) atoms. The molecule has 3 N–H and O–H groups in total. The van der Waals surface area contributed by atoms with Crippen LogP contribution in [0.2, 0.25) is 0 Å². The van der Waals surface area contributed by atoms with Crippen molar-refractivity contribution in [1.82, 2.24) is 9.44 Å². The number of nitrogens with one attached hydrogen (secondary N) is 3. The Labute approximate surface area is 126 Å². The van der Waals surface area contributed by atoms with E-state index in [2.05, 4.69) is 20.8 Å². The van der Waals surface area contributed by atoms with Gasteiger partial charge in [0.05, 0.1) is 6.61 Å². The van der Waals surface area contributed by atoms with E-state index in [9.17, 15) is 8.42 Å². The summed E-state index contributed by atoms with van der Waals surface area (Å²) in [7, 11) is -1.91. The first-order valence-corrected chi connectivity index (χ1v) is 8.68. The zero-order valence-corrected chi connectivity index (χ0v) is 13.1. The van der Waals surface area contributed by atoms with Crippen molar-refractivity contribution in [2.75, 3.05) is 38.7 Å². The molecule has 0 saturated heterocycles. The van der Waals surface area contributed by atoms with Crippen LogP contribution in [0.4, 0.5) is 5.69 Å². The van der Waals surface area contributed by atoms with Gasteiger partial charge >= 0.3 is 0 Å². The second-order valence-electron chi connectivity index (χ2n) is 5.02. The van der Waals surface area contributed by atoms with Crippen LogP contribution in [-0.2, 0) is 27.8 Å². The van der Waals surface area contributed by atoms with Crippen LogP contribution < -0.4 is 14.8 Å². The van der Waals surface area contributed by atoms with E-state index in [-0.39, 0.29) is 6.54 Å². The van der Waals surface area contributed by atoms with Crippen molar-refractivity contribution in [3.63, 3.8) is 0 Å².